The van der Waals surface area contributed by atoms with Crippen molar-refractivity contribution in [3.8, 4) is 0 Å². The van der Waals surface area contributed by atoms with Crippen LogP contribution in [0.1, 0.15) is 33.6 Å². The van der Waals surface area contributed by atoms with Crippen molar-refractivity contribution in [3.63, 3.8) is 0 Å². The molecule has 0 aromatic carbocycles. The maximum Gasteiger partial charge on any atom is -0.0172 e. The summed E-state index contributed by atoms with van der Waals surface area (Å²) < 4.78 is 0. The van der Waals surface area contributed by atoms with Crippen molar-refractivity contribution in [2.75, 3.05) is 0 Å². The number of hydrogen-bond acceptors (Lipinski definition) is 0. The Bertz CT molecular complexity index is 118. The Morgan fingerprint density at radius 2 is 2.00 bits per heavy atom. The van der Waals surface area contributed by atoms with Crippen LogP contribution in [-0.4, -0.2) is 0 Å². The zero-order valence-electron chi connectivity index (χ0n) is 7.35. The molecule has 0 spiro atoms. The molecule has 0 bridgehead atoms. The highest BCUT2D eigenvalue weighted by Crippen LogP contribution is 2.21. The second-order valence-electron chi connectivity index (χ2n) is 3.27. The molecule has 0 aliphatic heterocycles. The zero-order chi connectivity index (χ0) is 8.04. The van der Waals surface area contributed by atoms with E-state index in [0.29, 0.717) is 5.41 Å². The van der Waals surface area contributed by atoms with Gasteiger partial charge in [-0.2, -0.15) is 0 Å². The lowest BCUT2D eigenvalue weighted by molar-refractivity contribution is 0.461. The van der Waals surface area contributed by atoms with Crippen LogP contribution in [0.15, 0.2) is 24.8 Å². The van der Waals surface area contributed by atoms with Crippen molar-refractivity contribution < 1.29 is 0 Å². The Hall–Kier alpha value is -0.520. The Morgan fingerprint density at radius 1 is 1.40 bits per heavy atom. The van der Waals surface area contributed by atoms with E-state index in [0.717, 1.165) is 6.42 Å². The van der Waals surface area contributed by atoms with Crippen LogP contribution in [-0.2, 0) is 0 Å². The van der Waals surface area contributed by atoms with Crippen molar-refractivity contribution in [2.45, 2.75) is 33.6 Å². The predicted molar refractivity (Wildman–Crippen MR) is 48.0 cm³/mol. The lowest BCUT2D eigenvalue weighted by Gasteiger charge is -2.16. The number of rotatable bonds is 4. The molecule has 0 aromatic heterocycles. The van der Waals surface area contributed by atoms with Gasteiger partial charge in [0.1, 0.15) is 0 Å². The van der Waals surface area contributed by atoms with E-state index in [1.807, 2.05) is 6.08 Å². The molecule has 0 saturated carbocycles. The van der Waals surface area contributed by atoms with Gasteiger partial charge < -0.3 is 0 Å². The lowest BCUT2D eigenvalue weighted by atomic mass is 9.90. The van der Waals surface area contributed by atoms with E-state index in [2.05, 4.69) is 39.5 Å². The Labute approximate surface area is 64.6 Å². The second-order valence-corrected chi connectivity index (χ2v) is 3.27. The quantitative estimate of drug-likeness (QED) is 0.521. The van der Waals surface area contributed by atoms with E-state index >= 15 is 0 Å². The molecule has 58 valence electrons. The second kappa shape index (κ2) is 4.32. The minimum Gasteiger partial charge on any atom is -0.103 e. The number of hydrogen-bond donors (Lipinski definition) is 0. The van der Waals surface area contributed by atoms with E-state index < -0.39 is 0 Å². The van der Waals surface area contributed by atoms with Crippen molar-refractivity contribution in [1.82, 2.24) is 0 Å². The first-order valence-electron chi connectivity index (χ1n) is 3.91. The zero-order valence-corrected chi connectivity index (χ0v) is 7.35. The predicted octanol–water partition coefficient (Wildman–Crippen LogP) is 3.55. The van der Waals surface area contributed by atoms with Gasteiger partial charge in [-0.05, 0) is 18.3 Å². The minimum absolute atomic E-state index is 0.364. The van der Waals surface area contributed by atoms with Gasteiger partial charge in [-0.3, -0.25) is 0 Å². The third kappa shape index (κ3) is 4.37. The molecule has 0 nitrogen and oxygen atoms in total. The van der Waals surface area contributed by atoms with Crippen LogP contribution in [0.4, 0.5) is 0 Å². The molecule has 0 N–H and O–H groups in total. The van der Waals surface area contributed by atoms with Crippen LogP contribution in [0.25, 0.3) is 0 Å². The monoisotopic (exact) mass is 138 g/mol. The summed E-state index contributed by atoms with van der Waals surface area (Å²) in [7, 11) is 0. The van der Waals surface area contributed by atoms with Crippen LogP contribution in [0, 0.1) is 5.41 Å². The van der Waals surface area contributed by atoms with E-state index in [4.69, 9.17) is 0 Å². The third-order valence-corrected chi connectivity index (χ3v) is 1.78. The van der Waals surface area contributed by atoms with Crippen molar-refractivity contribution in [2.24, 2.45) is 5.41 Å². The van der Waals surface area contributed by atoms with Crippen LogP contribution >= 0.6 is 0 Å². The van der Waals surface area contributed by atoms with Crippen LogP contribution in [0.3, 0.4) is 0 Å². The molecule has 0 amide bonds. The summed E-state index contributed by atoms with van der Waals surface area (Å²) in [6, 6.07) is 0. The first-order chi connectivity index (χ1) is 4.62. The van der Waals surface area contributed by atoms with Gasteiger partial charge >= 0.3 is 0 Å². The lowest BCUT2D eigenvalue weighted by Crippen LogP contribution is -2.03. The summed E-state index contributed by atoms with van der Waals surface area (Å²) in [5.41, 5.74) is 0.364. The summed E-state index contributed by atoms with van der Waals surface area (Å²) in [4.78, 5) is 0. The van der Waals surface area contributed by atoms with Gasteiger partial charge in [-0.1, -0.05) is 39.0 Å². The van der Waals surface area contributed by atoms with Gasteiger partial charge in [0, 0.05) is 0 Å². The molecule has 10 heavy (non-hydrogen) atoms. The molecule has 0 heterocycles. The smallest absolute Gasteiger partial charge is 0.0172 e. The molecule has 0 aliphatic rings. The average Bonchev–Trinajstić information content (AvgIpc) is 1.89. The summed E-state index contributed by atoms with van der Waals surface area (Å²) in [5, 5.41) is 0. The molecule has 0 saturated heterocycles. The molecule has 0 unspecified atom stereocenters. The fourth-order valence-electron chi connectivity index (χ4n) is 0.601. The van der Waals surface area contributed by atoms with Crippen molar-refractivity contribution in [3.05, 3.63) is 24.8 Å². The van der Waals surface area contributed by atoms with E-state index in [1.54, 1.807) is 0 Å². The highest BCUT2D eigenvalue weighted by Gasteiger charge is 2.08. The van der Waals surface area contributed by atoms with Crippen molar-refractivity contribution in [1.29, 1.82) is 0 Å². The molecule has 0 radical (unpaired) electrons. The molecule has 0 atom stereocenters. The van der Waals surface area contributed by atoms with Crippen LogP contribution < -0.4 is 0 Å². The Balaban J connectivity index is 3.73. The SMILES string of the molecule is C=CC/C=C/C(C)(C)CC. The van der Waals surface area contributed by atoms with Gasteiger partial charge in [0.2, 0.25) is 0 Å². The summed E-state index contributed by atoms with van der Waals surface area (Å²) in [6.07, 6.45) is 8.54. The Morgan fingerprint density at radius 3 is 2.40 bits per heavy atom. The highest BCUT2D eigenvalue weighted by molar-refractivity contribution is 4.96. The van der Waals surface area contributed by atoms with E-state index in [1.165, 1.54) is 6.42 Å². The molecule has 0 aliphatic carbocycles. The van der Waals surface area contributed by atoms with Gasteiger partial charge in [-0.25, -0.2) is 0 Å². The first kappa shape index (κ1) is 9.48. The maximum absolute atomic E-state index is 3.65. The van der Waals surface area contributed by atoms with Crippen LogP contribution in [0.5, 0.6) is 0 Å². The van der Waals surface area contributed by atoms with Gasteiger partial charge in [0.15, 0.2) is 0 Å². The Kier molecular flexibility index (Phi) is 4.10. The van der Waals surface area contributed by atoms with Gasteiger partial charge in [0.05, 0.1) is 0 Å². The molecular formula is C10H18. The average molecular weight is 138 g/mol. The molecule has 0 fully saturated rings. The summed E-state index contributed by atoms with van der Waals surface area (Å²) in [5.74, 6) is 0. The van der Waals surface area contributed by atoms with Gasteiger partial charge in [0.25, 0.3) is 0 Å². The van der Waals surface area contributed by atoms with Crippen LogP contribution in [0.2, 0.25) is 0 Å². The minimum atomic E-state index is 0.364. The molecular weight excluding hydrogens is 120 g/mol. The number of allylic oxidation sites excluding steroid dienone is 3. The largest absolute Gasteiger partial charge is 0.103 e. The molecule has 0 rings (SSSR count). The first-order valence-corrected chi connectivity index (χ1v) is 3.91. The highest BCUT2D eigenvalue weighted by atomic mass is 14.1. The fraction of sp³-hybridized carbons (Fsp3) is 0.600. The van der Waals surface area contributed by atoms with Gasteiger partial charge in [-0.15, -0.1) is 6.58 Å². The summed E-state index contributed by atoms with van der Waals surface area (Å²) >= 11 is 0. The third-order valence-electron chi connectivity index (χ3n) is 1.78. The van der Waals surface area contributed by atoms with E-state index in [9.17, 15) is 0 Å². The molecule has 0 aromatic rings. The molecule has 0 heteroatoms. The fourth-order valence-corrected chi connectivity index (χ4v) is 0.601. The van der Waals surface area contributed by atoms with E-state index in [-0.39, 0.29) is 0 Å². The topological polar surface area (TPSA) is 0 Å². The summed E-state index contributed by atoms with van der Waals surface area (Å²) in [6.45, 7) is 10.3. The van der Waals surface area contributed by atoms with Crippen molar-refractivity contribution >= 4 is 0 Å². The normalized spacial score (nSPS) is 12.3. The maximum atomic E-state index is 3.65. The standard InChI is InChI=1S/C10H18/c1-5-7-8-9-10(3,4)6-2/h5,8-9H,1,6-7H2,2-4H3/b9-8+.